The molecular formula is C16H24N2O7P+. The minimum atomic E-state index is -2.43. The van der Waals surface area contributed by atoms with Gasteiger partial charge in [0.05, 0.1) is 14.2 Å². The van der Waals surface area contributed by atoms with Gasteiger partial charge in [-0.05, 0) is 26.0 Å². The van der Waals surface area contributed by atoms with Crippen LogP contribution in [0.2, 0.25) is 0 Å². The van der Waals surface area contributed by atoms with Crippen LogP contribution in [0.1, 0.15) is 13.8 Å². The smallest absolute Gasteiger partial charge is 0.274 e. The lowest BCUT2D eigenvalue weighted by Crippen LogP contribution is -2.25. The van der Waals surface area contributed by atoms with Crippen molar-refractivity contribution in [2.75, 3.05) is 28.3 Å². The lowest BCUT2D eigenvalue weighted by molar-refractivity contribution is -0.164. The average molecular weight is 387 g/mol. The summed E-state index contributed by atoms with van der Waals surface area (Å²) in [5.41, 5.74) is 0.799. The molecular weight excluding hydrogens is 363 g/mol. The number of hydroxylamine groups is 4. The molecule has 0 rings (SSSR count). The van der Waals surface area contributed by atoms with Gasteiger partial charge >= 0.3 is 8.25 Å². The summed E-state index contributed by atoms with van der Waals surface area (Å²) in [5.74, 6) is -0.645. The zero-order valence-electron chi connectivity index (χ0n) is 15.7. The molecule has 26 heavy (non-hydrogen) atoms. The van der Waals surface area contributed by atoms with Gasteiger partial charge in [-0.3, -0.25) is 19.3 Å². The van der Waals surface area contributed by atoms with E-state index >= 15 is 0 Å². The van der Waals surface area contributed by atoms with Crippen LogP contribution in [-0.2, 0) is 32.9 Å². The van der Waals surface area contributed by atoms with Gasteiger partial charge in [0.2, 0.25) is 0 Å². The van der Waals surface area contributed by atoms with Crippen molar-refractivity contribution in [1.82, 2.24) is 10.1 Å². The van der Waals surface area contributed by atoms with E-state index in [-0.39, 0.29) is 11.8 Å². The first-order valence-electron chi connectivity index (χ1n) is 7.36. The molecule has 0 aliphatic rings. The fraction of sp³-hybridized carbons (Fsp3) is 0.375. The van der Waals surface area contributed by atoms with Gasteiger partial charge in [0.1, 0.15) is 0 Å². The summed E-state index contributed by atoms with van der Waals surface area (Å²) in [4.78, 5) is 32.9. The second-order valence-electron chi connectivity index (χ2n) is 4.76. The van der Waals surface area contributed by atoms with E-state index in [1.807, 2.05) is 0 Å². The highest BCUT2D eigenvalue weighted by molar-refractivity contribution is 7.33. The first-order valence-corrected chi connectivity index (χ1v) is 8.46. The van der Waals surface area contributed by atoms with Crippen LogP contribution in [0, 0.1) is 0 Å². The number of carbonyl (C=O) groups is 2. The molecule has 0 spiro atoms. The zero-order chi connectivity index (χ0) is 20.1. The monoisotopic (exact) mass is 387 g/mol. The van der Waals surface area contributed by atoms with Crippen molar-refractivity contribution in [1.29, 1.82) is 0 Å². The Morgan fingerprint density at radius 1 is 0.808 bits per heavy atom. The molecule has 0 aromatic rings. The fourth-order valence-electron chi connectivity index (χ4n) is 1.37. The SMILES string of the molecule is CON(C)C(=O)/C(C)=C\C=C\O[P+](=O)O/C=C/C=C(/C)C(=O)N(C)OC. The van der Waals surface area contributed by atoms with Crippen LogP contribution in [0.5, 0.6) is 0 Å². The lowest BCUT2D eigenvalue weighted by atomic mass is 10.2. The second kappa shape index (κ2) is 12.8. The molecule has 0 fully saturated rings. The van der Waals surface area contributed by atoms with Crippen LogP contribution in [-0.4, -0.2) is 50.3 Å². The van der Waals surface area contributed by atoms with Gasteiger partial charge < -0.3 is 0 Å². The molecule has 0 radical (unpaired) electrons. The summed E-state index contributed by atoms with van der Waals surface area (Å²) in [6, 6.07) is 0. The quantitative estimate of drug-likeness (QED) is 0.187. The molecule has 0 unspecified atom stereocenters. The van der Waals surface area contributed by atoms with Crippen LogP contribution >= 0.6 is 8.25 Å². The Balaban J connectivity index is 4.39. The van der Waals surface area contributed by atoms with Gasteiger partial charge in [-0.1, -0.05) is 12.2 Å². The molecule has 0 bridgehead atoms. The Hall–Kier alpha value is -2.48. The number of nitrogens with zero attached hydrogens (tertiary/aromatic N) is 2. The van der Waals surface area contributed by atoms with E-state index in [0.29, 0.717) is 11.1 Å². The van der Waals surface area contributed by atoms with Crippen molar-refractivity contribution in [3.05, 3.63) is 48.0 Å². The minimum Gasteiger partial charge on any atom is -0.274 e. The largest absolute Gasteiger partial charge is 0.804 e. The third-order valence-corrected chi connectivity index (χ3v) is 3.53. The summed E-state index contributed by atoms with van der Waals surface area (Å²) >= 11 is 0. The Morgan fingerprint density at radius 2 is 1.15 bits per heavy atom. The van der Waals surface area contributed by atoms with Gasteiger partial charge in [0.25, 0.3) is 11.8 Å². The number of allylic oxidation sites excluding steroid dienone is 4. The number of hydrogen-bond acceptors (Lipinski definition) is 7. The number of carbonyl (C=O) groups excluding carboxylic acids is 2. The first-order chi connectivity index (χ1) is 12.2. The second-order valence-corrected chi connectivity index (χ2v) is 5.63. The molecule has 0 saturated carbocycles. The maximum absolute atomic E-state index is 11.7. The van der Waals surface area contributed by atoms with E-state index in [1.54, 1.807) is 13.8 Å². The average Bonchev–Trinajstić information content (AvgIpc) is 2.65. The first kappa shape index (κ1) is 23.5. The maximum Gasteiger partial charge on any atom is 0.804 e. The van der Waals surface area contributed by atoms with Crippen LogP contribution in [0.15, 0.2) is 48.0 Å². The lowest BCUT2D eigenvalue weighted by Gasteiger charge is -2.12. The molecule has 0 atom stereocenters. The van der Waals surface area contributed by atoms with Crippen molar-refractivity contribution >= 4 is 20.1 Å². The van der Waals surface area contributed by atoms with E-state index in [1.165, 1.54) is 52.6 Å². The van der Waals surface area contributed by atoms with Gasteiger partial charge in [-0.2, -0.15) is 0 Å². The molecule has 144 valence electrons. The molecule has 9 nitrogen and oxygen atoms in total. The standard InChI is InChI=1S/C16H24N2O7P/c1-13(15(19)17(3)22-5)9-7-11-24-26(21)25-12-8-10-14(2)16(20)18(4)23-6/h7-12H,1-6H3/q+1/b11-7+,12-8+,13-9-,14-10-. The molecule has 10 heteroatoms. The third kappa shape index (κ3) is 9.12. The van der Waals surface area contributed by atoms with E-state index in [4.69, 9.17) is 18.7 Å². The topological polar surface area (TPSA) is 94.6 Å². The Kier molecular flexibility index (Phi) is 11.6. The highest BCUT2D eigenvalue weighted by Crippen LogP contribution is 2.24. The highest BCUT2D eigenvalue weighted by atomic mass is 31.1. The molecule has 0 aliphatic carbocycles. The van der Waals surface area contributed by atoms with Crippen LogP contribution in [0.25, 0.3) is 0 Å². The summed E-state index contributed by atoms with van der Waals surface area (Å²) < 4.78 is 21.1. The van der Waals surface area contributed by atoms with Gasteiger partial charge in [0, 0.05) is 29.8 Å². The minimum absolute atomic E-state index is 0.323. The fourth-order valence-corrected chi connectivity index (χ4v) is 1.76. The molecule has 0 saturated heterocycles. The summed E-state index contributed by atoms with van der Waals surface area (Å²) in [7, 11) is 3.29. The Bertz CT molecular complexity index is 574. The van der Waals surface area contributed by atoms with Crippen molar-refractivity contribution in [3.8, 4) is 0 Å². The Morgan fingerprint density at radius 3 is 1.46 bits per heavy atom. The van der Waals surface area contributed by atoms with E-state index in [2.05, 4.69) is 0 Å². The van der Waals surface area contributed by atoms with Gasteiger partial charge in [-0.15, -0.1) is 0 Å². The van der Waals surface area contributed by atoms with Crippen LogP contribution in [0.4, 0.5) is 0 Å². The molecule has 0 aromatic heterocycles. The maximum atomic E-state index is 11.7. The molecule has 0 heterocycles. The van der Waals surface area contributed by atoms with Crippen LogP contribution < -0.4 is 0 Å². The zero-order valence-corrected chi connectivity index (χ0v) is 16.6. The third-order valence-electron chi connectivity index (χ3n) is 2.94. The summed E-state index contributed by atoms with van der Waals surface area (Å²) in [6.45, 7) is 3.19. The Labute approximate surface area is 154 Å². The van der Waals surface area contributed by atoms with Crippen molar-refractivity contribution in [2.45, 2.75) is 13.8 Å². The predicted octanol–water partition coefficient (Wildman–Crippen LogP) is 2.64. The van der Waals surface area contributed by atoms with E-state index in [0.717, 1.165) is 22.7 Å². The van der Waals surface area contributed by atoms with E-state index in [9.17, 15) is 14.2 Å². The summed E-state index contributed by atoms with van der Waals surface area (Å²) in [6.07, 6.45) is 8.02. The molecule has 0 aromatic carbocycles. The number of hydrogen-bond donors (Lipinski definition) is 0. The van der Waals surface area contributed by atoms with Gasteiger partial charge in [-0.25, -0.2) is 19.2 Å². The number of rotatable bonds is 10. The van der Waals surface area contributed by atoms with Crippen molar-refractivity contribution < 1.29 is 32.9 Å². The highest BCUT2D eigenvalue weighted by Gasteiger charge is 2.17. The molecule has 0 aliphatic heterocycles. The number of amides is 2. The van der Waals surface area contributed by atoms with E-state index < -0.39 is 8.25 Å². The molecule has 2 amide bonds. The number of likely N-dealkylation sites (N-methyl/N-ethyl adjacent to an activating group) is 2. The molecule has 0 N–H and O–H groups in total. The van der Waals surface area contributed by atoms with Crippen molar-refractivity contribution in [3.63, 3.8) is 0 Å². The summed E-state index contributed by atoms with van der Waals surface area (Å²) in [5, 5.41) is 2.14. The predicted molar refractivity (Wildman–Crippen MR) is 95.1 cm³/mol. The van der Waals surface area contributed by atoms with Gasteiger partial charge in [0.15, 0.2) is 12.5 Å². The van der Waals surface area contributed by atoms with Crippen molar-refractivity contribution in [2.24, 2.45) is 0 Å². The van der Waals surface area contributed by atoms with Crippen LogP contribution in [0.3, 0.4) is 0 Å². The normalized spacial score (nSPS) is 13.1.